The van der Waals surface area contributed by atoms with Crippen molar-refractivity contribution in [2.24, 2.45) is 5.73 Å². The zero-order valence-corrected chi connectivity index (χ0v) is 12.4. The van der Waals surface area contributed by atoms with Gasteiger partial charge in [-0.3, -0.25) is 0 Å². The van der Waals surface area contributed by atoms with Crippen LogP contribution in [0.25, 0.3) is 0 Å². The van der Waals surface area contributed by atoms with Crippen LogP contribution in [0.5, 0.6) is 0 Å². The van der Waals surface area contributed by atoms with E-state index < -0.39 is 17.8 Å². The molecular weight excluding hydrogens is 355 g/mol. The average Bonchev–Trinajstić information content (AvgIpc) is 2.40. The van der Waals surface area contributed by atoms with Gasteiger partial charge in [0, 0.05) is 4.47 Å². The first-order valence-corrected chi connectivity index (χ1v) is 6.84. The smallest absolute Gasteiger partial charge is 0.320 e. The van der Waals surface area contributed by atoms with Crippen LogP contribution in [0.2, 0.25) is 5.02 Å². The van der Waals surface area contributed by atoms with E-state index in [1.54, 1.807) is 18.2 Å². The molecule has 2 aromatic carbocycles. The van der Waals surface area contributed by atoms with Crippen LogP contribution in [0.3, 0.4) is 0 Å². The Hall–Kier alpha value is -1.04. The van der Waals surface area contributed by atoms with E-state index in [4.69, 9.17) is 17.3 Å². The average molecular weight is 365 g/mol. The molecule has 0 aliphatic carbocycles. The molecule has 0 heterocycles. The van der Waals surface area contributed by atoms with Gasteiger partial charge < -0.3 is 5.73 Å². The predicted octanol–water partition coefficient (Wildman–Crippen LogP) is 5.17. The summed E-state index contributed by atoms with van der Waals surface area (Å²) in [5.41, 5.74) is 6.73. The van der Waals surface area contributed by atoms with E-state index in [0.717, 1.165) is 17.7 Å². The molecule has 106 valence electrons. The highest BCUT2D eigenvalue weighted by Crippen LogP contribution is 2.31. The number of hydrogen-bond donors (Lipinski definition) is 1. The second-order valence-electron chi connectivity index (χ2n) is 4.27. The number of rotatable bonds is 2. The van der Waals surface area contributed by atoms with Crippen LogP contribution < -0.4 is 5.73 Å². The summed E-state index contributed by atoms with van der Waals surface area (Å²) in [5.74, 6) is 0. The largest absolute Gasteiger partial charge is 0.416 e. The Labute approximate surface area is 127 Å². The Kier molecular flexibility index (Phi) is 4.42. The molecule has 0 aliphatic rings. The fourth-order valence-corrected chi connectivity index (χ4v) is 2.29. The Balaban J connectivity index is 2.29. The molecule has 2 aromatic rings. The van der Waals surface area contributed by atoms with Gasteiger partial charge in [-0.15, -0.1) is 0 Å². The zero-order chi connectivity index (χ0) is 14.9. The van der Waals surface area contributed by atoms with Crippen molar-refractivity contribution in [2.45, 2.75) is 12.2 Å². The van der Waals surface area contributed by atoms with Crippen LogP contribution >= 0.6 is 27.5 Å². The molecule has 2 N–H and O–H groups in total. The minimum absolute atomic E-state index is 0.508. The van der Waals surface area contributed by atoms with E-state index in [-0.39, 0.29) is 0 Å². The molecule has 0 amide bonds. The maximum Gasteiger partial charge on any atom is 0.416 e. The van der Waals surface area contributed by atoms with E-state index in [0.29, 0.717) is 15.1 Å². The third kappa shape index (κ3) is 3.34. The number of benzene rings is 2. The van der Waals surface area contributed by atoms with Crippen LogP contribution in [0.4, 0.5) is 13.2 Å². The second-order valence-corrected chi connectivity index (χ2v) is 5.53. The molecule has 0 saturated carbocycles. The number of hydrogen-bond acceptors (Lipinski definition) is 1. The number of nitrogens with two attached hydrogens (primary N) is 1. The Bertz CT molecular complexity index is 611. The summed E-state index contributed by atoms with van der Waals surface area (Å²) in [6, 6.07) is 9.50. The molecule has 1 nitrogen and oxygen atoms in total. The third-order valence-electron chi connectivity index (χ3n) is 2.90. The summed E-state index contributed by atoms with van der Waals surface area (Å²) < 4.78 is 38.2. The lowest BCUT2D eigenvalue weighted by Gasteiger charge is -2.14. The van der Waals surface area contributed by atoms with E-state index in [9.17, 15) is 13.2 Å². The summed E-state index contributed by atoms with van der Waals surface area (Å²) >= 11 is 9.18. The maximum absolute atomic E-state index is 12.5. The van der Waals surface area contributed by atoms with Gasteiger partial charge in [0.1, 0.15) is 0 Å². The summed E-state index contributed by atoms with van der Waals surface area (Å²) in [5, 5.41) is 0.549. The summed E-state index contributed by atoms with van der Waals surface area (Å²) in [6.45, 7) is 0. The van der Waals surface area contributed by atoms with Gasteiger partial charge in [0.05, 0.1) is 16.6 Å². The fraction of sp³-hybridized carbons (Fsp3) is 0.143. The standard InChI is InChI=1S/C14H10BrClF3N/c15-11-7-9(3-6-12(11)16)13(20)8-1-4-10(5-2-8)14(17,18)19/h1-7,13H,20H2. The van der Waals surface area contributed by atoms with Gasteiger partial charge in [-0.1, -0.05) is 29.8 Å². The molecule has 2 rings (SSSR count). The van der Waals surface area contributed by atoms with Crippen molar-refractivity contribution in [3.05, 3.63) is 68.7 Å². The van der Waals surface area contributed by atoms with E-state index in [2.05, 4.69) is 15.9 Å². The zero-order valence-electron chi connectivity index (χ0n) is 10.1. The van der Waals surface area contributed by atoms with Crippen molar-refractivity contribution in [1.82, 2.24) is 0 Å². The van der Waals surface area contributed by atoms with Crippen LogP contribution in [0, 0.1) is 0 Å². The Morgan fingerprint density at radius 2 is 1.55 bits per heavy atom. The van der Waals surface area contributed by atoms with Gasteiger partial charge in [0.25, 0.3) is 0 Å². The van der Waals surface area contributed by atoms with E-state index in [1.807, 2.05) is 0 Å². The molecular formula is C14H10BrClF3N. The van der Waals surface area contributed by atoms with Crippen molar-refractivity contribution >= 4 is 27.5 Å². The molecule has 1 unspecified atom stereocenters. The van der Waals surface area contributed by atoms with E-state index in [1.165, 1.54) is 12.1 Å². The van der Waals surface area contributed by atoms with Gasteiger partial charge in [-0.25, -0.2) is 0 Å². The van der Waals surface area contributed by atoms with Crippen molar-refractivity contribution in [3.8, 4) is 0 Å². The van der Waals surface area contributed by atoms with Crippen LogP contribution in [0.15, 0.2) is 46.9 Å². The van der Waals surface area contributed by atoms with Crippen LogP contribution in [-0.4, -0.2) is 0 Å². The summed E-state index contributed by atoms with van der Waals surface area (Å²) in [6.07, 6.45) is -4.34. The second kappa shape index (κ2) is 5.76. The molecule has 0 aromatic heterocycles. The van der Waals surface area contributed by atoms with Gasteiger partial charge in [-0.05, 0) is 51.3 Å². The van der Waals surface area contributed by atoms with Gasteiger partial charge in [0.2, 0.25) is 0 Å². The molecule has 0 spiro atoms. The maximum atomic E-state index is 12.5. The highest BCUT2D eigenvalue weighted by Gasteiger charge is 2.30. The summed E-state index contributed by atoms with van der Waals surface area (Å²) in [7, 11) is 0. The minimum Gasteiger partial charge on any atom is -0.320 e. The first-order chi connectivity index (χ1) is 9.29. The van der Waals surface area contributed by atoms with Crippen molar-refractivity contribution in [1.29, 1.82) is 0 Å². The lowest BCUT2D eigenvalue weighted by atomic mass is 9.98. The SMILES string of the molecule is NC(c1ccc(C(F)(F)F)cc1)c1ccc(Cl)c(Br)c1. The van der Waals surface area contributed by atoms with E-state index >= 15 is 0 Å². The monoisotopic (exact) mass is 363 g/mol. The molecule has 0 aliphatic heterocycles. The third-order valence-corrected chi connectivity index (χ3v) is 4.11. The highest BCUT2D eigenvalue weighted by atomic mass is 79.9. The summed E-state index contributed by atoms with van der Waals surface area (Å²) in [4.78, 5) is 0. The normalized spacial score (nSPS) is 13.3. The number of alkyl halides is 3. The van der Waals surface area contributed by atoms with Crippen LogP contribution in [-0.2, 0) is 6.18 Å². The minimum atomic E-state index is -4.34. The molecule has 0 radical (unpaired) electrons. The predicted molar refractivity (Wildman–Crippen MR) is 76.6 cm³/mol. The van der Waals surface area contributed by atoms with Gasteiger partial charge in [0.15, 0.2) is 0 Å². The van der Waals surface area contributed by atoms with Crippen molar-refractivity contribution < 1.29 is 13.2 Å². The molecule has 0 fully saturated rings. The fourth-order valence-electron chi connectivity index (χ4n) is 1.78. The molecule has 20 heavy (non-hydrogen) atoms. The Morgan fingerprint density at radius 3 is 2.05 bits per heavy atom. The Morgan fingerprint density at radius 1 is 1.00 bits per heavy atom. The highest BCUT2D eigenvalue weighted by molar-refractivity contribution is 9.10. The topological polar surface area (TPSA) is 26.0 Å². The molecule has 1 atom stereocenters. The lowest BCUT2D eigenvalue weighted by Crippen LogP contribution is -2.12. The molecule has 0 saturated heterocycles. The van der Waals surface area contributed by atoms with Crippen molar-refractivity contribution in [3.63, 3.8) is 0 Å². The molecule has 0 bridgehead atoms. The van der Waals surface area contributed by atoms with Gasteiger partial charge in [-0.2, -0.15) is 13.2 Å². The lowest BCUT2D eigenvalue weighted by molar-refractivity contribution is -0.137. The first kappa shape index (κ1) is 15.4. The van der Waals surface area contributed by atoms with Crippen molar-refractivity contribution in [2.75, 3.05) is 0 Å². The quantitative estimate of drug-likeness (QED) is 0.782. The molecule has 6 heteroatoms. The number of halogens is 5. The van der Waals surface area contributed by atoms with Crippen LogP contribution in [0.1, 0.15) is 22.7 Å². The van der Waals surface area contributed by atoms with Gasteiger partial charge >= 0.3 is 6.18 Å². The first-order valence-electron chi connectivity index (χ1n) is 5.66.